The molecule has 5 N–H and O–H groups in total. The zero-order valence-corrected chi connectivity index (χ0v) is 21.6. The third kappa shape index (κ3) is 4.81. The molecule has 4 heterocycles. The number of hydrogen-bond donors (Lipinski definition) is 5. The number of hydrogen-bond acceptors (Lipinski definition) is 10. The number of aromatic amines is 1. The van der Waals surface area contributed by atoms with Gasteiger partial charge >= 0.3 is 0 Å². The summed E-state index contributed by atoms with van der Waals surface area (Å²) in [6.45, 7) is 2.26. The molecule has 1 aliphatic rings. The Balaban J connectivity index is 1.25. The molecular formula is C27H28N8O5. The Morgan fingerprint density at radius 1 is 1.18 bits per heavy atom. The zero-order valence-electron chi connectivity index (χ0n) is 21.6. The molecule has 3 aromatic heterocycles. The Bertz CT molecular complexity index is 1620. The van der Waals surface area contributed by atoms with Crippen LogP contribution in [0.4, 0.5) is 5.82 Å². The molecule has 0 aliphatic carbocycles. The Morgan fingerprint density at radius 3 is 2.88 bits per heavy atom. The van der Waals surface area contributed by atoms with Crippen molar-refractivity contribution in [3.63, 3.8) is 0 Å². The number of aliphatic hydroxyl groups excluding tert-OH is 2. The fourth-order valence-corrected chi connectivity index (χ4v) is 4.84. The number of ether oxygens (including phenoxy) is 2. The Hall–Kier alpha value is -4.59. The summed E-state index contributed by atoms with van der Waals surface area (Å²) >= 11 is 0. The molecule has 0 bridgehead atoms. The van der Waals surface area contributed by atoms with E-state index in [0.29, 0.717) is 41.4 Å². The monoisotopic (exact) mass is 544 g/mol. The Kier molecular flexibility index (Phi) is 6.99. The number of benzene rings is 2. The van der Waals surface area contributed by atoms with Crippen LogP contribution in [0.2, 0.25) is 0 Å². The molecule has 13 heteroatoms. The van der Waals surface area contributed by atoms with Crippen molar-refractivity contribution >= 4 is 33.9 Å². The highest BCUT2D eigenvalue weighted by atomic mass is 16.5. The number of aliphatic hydroxyl groups is 2. The number of aromatic nitrogens is 6. The van der Waals surface area contributed by atoms with E-state index in [1.165, 1.54) is 12.7 Å². The first-order valence-corrected chi connectivity index (χ1v) is 12.9. The van der Waals surface area contributed by atoms with Crippen LogP contribution in [-0.2, 0) is 11.3 Å². The molecule has 0 spiro atoms. The average Bonchev–Trinajstić information content (AvgIpc) is 3.67. The van der Waals surface area contributed by atoms with E-state index in [1.54, 1.807) is 28.8 Å². The molecule has 1 amide bonds. The normalized spacial score (nSPS) is 20.7. The molecule has 1 saturated heterocycles. The molecule has 40 heavy (non-hydrogen) atoms. The predicted molar refractivity (Wildman–Crippen MR) is 145 cm³/mol. The summed E-state index contributed by atoms with van der Waals surface area (Å²) in [4.78, 5) is 34.2. The van der Waals surface area contributed by atoms with Gasteiger partial charge in [-0.25, -0.2) is 19.9 Å². The minimum atomic E-state index is -1.18. The van der Waals surface area contributed by atoms with E-state index in [2.05, 4.69) is 35.6 Å². The van der Waals surface area contributed by atoms with Gasteiger partial charge in [0.15, 0.2) is 23.2 Å². The van der Waals surface area contributed by atoms with Crippen LogP contribution in [0.3, 0.4) is 0 Å². The summed E-state index contributed by atoms with van der Waals surface area (Å²) in [6, 6.07) is 13.6. The van der Waals surface area contributed by atoms with Crippen LogP contribution < -0.4 is 15.4 Å². The molecule has 13 nitrogen and oxygen atoms in total. The predicted octanol–water partition coefficient (Wildman–Crippen LogP) is 1.76. The second-order valence-electron chi connectivity index (χ2n) is 9.30. The van der Waals surface area contributed by atoms with E-state index in [0.717, 1.165) is 16.9 Å². The van der Waals surface area contributed by atoms with Crippen LogP contribution in [0.5, 0.6) is 5.75 Å². The van der Waals surface area contributed by atoms with Gasteiger partial charge in [-0.15, -0.1) is 0 Å². The second kappa shape index (κ2) is 10.9. The standard InChI is InChI=1S/C27H28N8O5/c1-2-39-16-7-5-6-15(10-16)26(38)34-21-23(37)19(12-36)40-27(21)35-14-31-22-24(29-13-30-25(22)35)28-11-20-32-17-8-3-4-9-18(17)33-20/h3-10,13-14,19,21,23,27,36-37H,2,11-12H2,1H3,(H,32,33)(H,34,38)(H,28,29,30)/t19-,21-,23-,27-/m1/s1. The summed E-state index contributed by atoms with van der Waals surface area (Å²) in [7, 11) is 0. The van der Waals surface area contributed by atoms with Crippen molar-refractivity contribution in [2.45, 2.75) is 37.9 Å². The van der Waals surface area contributed by atoms with Gasteiger partial charge in [0.2, 0.25) is 0 Å². The number of para-hydroxylation sites is 2. The van der Waals surface area contributed by atoms with E-state index < -0.39 is 37.0 Å². The van der Waals surface area contributed by atoms with Gasteiger partial charge in [0, 0.05) is 5.56 Å². The van der Waals surface area contributed by atoms with Crippen molar-refractivity contribution in [1.29, 1.82) is 0 Å². The Morgan fingerprint density at radius 2 is 2.05 bits per heavy atom. The first-order valence-electron chi connectivity index (χ1n) is 12.9. The first-order chi connectivity index (χ1) is 19.6. The lowest BCUT2D eigenvalue weighted by Gasteiger charge is -2.23. The van der Waals surface area contributed by atoms with Crippen LogP contribution in [0.15, 0.2) is 61.2 Å². The van der Waals surface area contributed by atoms with Crippen molar-refractivity contribution in [3.05, 3.63) is 72.6 Å². The Labute approximate surface area is 228 Å². The van der Waals surface area contributed by atoms with E-state index >= 15 is 0 Å². The number of amides is 1. The minimum Gasteiger partial charge on any atom is -0.494 e. The summed E-state index contributed by atoms with van der Waals surface area (Å²) < 4.78 is 13.1. The van der Waals surface area contributed by atoms with Gasteiger partial charge in [0.1, 0.15) is 36.2 Å². The van der Waals surface area contributed by atoms with Gasteiger partial charge in [-0.05, 0) is 37.3 Å². The van der Waals surface area contributed by atoms with Crippen molar-refractivity contribution < 1.29 is 24.5 Å². The van der Waals surface area contributed by atoms with E-state index in [9.17, 15) is 15.0 Å². The summed E-state index contributed by atoms with van der Waals surface area (Å²) in [6.07, 6.45) is -0.0932. The lowest BCUT2D eigenvalue weighted by molar-refractivity contribution is -0.0440. The minimum absolute atomic E-state index is 0.360. The summed E-state index contributed by atoms with van der Waals surface area (Å²) in [5.41, 5.74) is 3.06. The van der Waals surface area contributed by atoms with Crippen molar-refractivity contribution in [1.82, 2.24) is 34.8 Å². The van der Waals surface area contributed by atoms with Crippen molar-refractivity contribution in [2.75, 3.05) is 18.5 Å². The van der Waals surface area contributed by atoms with Gasteiger partial charge in [-0.2, -0.15) is 0 Å². The van der Waals surface area contributed by atoms with Crippen LogP contribution in [0.1, 0.15) is 29.3 Å². The highest BCUT2D eigenvalue weighted by molar-refractivity contribution is 5.95. The number of carbonyl (C=O) groups excluding carboxylic acids is 1. The summed E-state index contributed by atoms with van der Waals surface area (Å²) in [5.74, 6) is 1.35. The molecular weight excluding hydrogens is 516 g/mol. The number of nitrogens with zero attached hydrogens (tertiary/aromatic N) is 5. The van der Waals surface area contributed by atoms with Crippen LogP contribution in [0, 0.1) is 0 Å². The third-order valence-corrected chi connectivity index (χ3v) is 6.75. The van der Waals surface area contributed by atoms with Gasteiger partial charge < -0.3 is 35.3 Å². The summed E-state index contributed by atoms with van der Waals surface area (Å²) in [5, 5.41) is 26.9. The lowest BCUT2D eigenvalue weighted by atomic mass is 10.1. The quantitative estimate of drug-likeness (QED) is 0.184. The molecule has 0 saturated carbocycles. The topological polar surface area (TPSA) is 172 Å². The number of imidazole rings is 2. The number of fused-ring (bicyclic) bond motifs is 2. The largest absolute Gasteiger partial charge is 0.494 e. The first kappa shape index (κ1) is 25.7. The van der Waals surface area contributed by atoms with Gasteiger partial charge in [0.25, 0.3) is 5.91 Å². The molecule has 0 radical (unpaired) electrons. The smallest absolute Gasteiger partial charge is 0.251 e. The van der Waals surface area contributed by atoms with Gasteiger partial charge in [0.05, 0.1) is 37.1 Å². The molecule has 4 atom stereocenters. The van der Waals surface area contributed by atoms with E-state index in [4.69, 9.17) is 9.47 Å². The molecule has 1 fully saturated rings. The average molecular weight is 545 g/mol. The molecule has 1 aliphatic heterocycles. The van der Waals surface area contributed by atoms with Gasteiger partial charge in [-0.3, -0.25) is 9.36 Å². The maximum atomic E-state index is 13.1. The molecule has 206 valence electrons. The van der Waals surface area contributed by atoms with Crippen molar-refractivity contribution in [3.8, 4) is 5.75 Å². The number of H-pyrrole nitrogens is 1. The fourth-order valence-electron chi connectivity index (χ4n) is 4.84. The van der Waals surface area contributed by atoms with E-state index in [1.807, 2.05) is 31.2 Å². The van der Waals surface area contributed by atoms with Crippen LogP contribution in [0.25, 0.3) is 22.2 Å². The van der Waals surface area contributed by atoms with Crippen molar-refractivity contribution in [2.24, 2.45) is 0 Å². The molecule has 5 aromatic rings. The second-order valence-corrected chi connectivity index (χ2v) is 9.30. The van der Waals surface area contributed by atoms with Crippen LogP contribution in [-0.4, -0.2) is 77.1 Å². The third-order valence-electron chi connectivity index (χ3n) is 6.75. The van der Waals surface area contributed by atoms with E-state index in [-0.39, 0.29) is 0 Å². The molecule has 2 aromatic carbocycles. The molecule has 6 rings (SSSR count). The zero-order chi connectivity index (χ0) is 27.6. The fraction of sp³-hybridized carbons (Fsp3) is 0.296. The van der Waals surface area contributed by atoms with Gasteiger partial charge in [-0.1, -0.05) is 18.2 Å². The number of nitrogens with one attached hydrogen (secondary N) is 3. The van der Waals surface area contributed by atoms with Crippen LogP contribution >= 0.6 is 0 Å². The lowest BCUT2D eigenvalue weighted by Crippen LogP contribution is -2.46. The number of rotatable bonds is 9. The maximum absolute atomic E-state index is 13.1. The SMILES string of the molecule is CCOc1cccc(C(=O)N[C@@H]2[C@H](O)[C@@H](CO)O[C@H]2n2cnc3c(NCc4nc5ccccc5[nH]4)ncnc32)c1. The maximum Gasteiger partial charge on any atom is 0.251 e. The molecule has 0 unspecified atom stereocenters. The number of carbonyl (C=O) groups is 1. The highest BCUT2D eigenvalue weighted by Crippen LogP contribution is 2.32. The number of anilines is 1. The highest BCUT2D eigenvalue weighted by Gasteiger charge is 2.46.